The predicted molar refractivity (Wildman–Crippen MR) is 120 cm³/mol. The number of anilines is 1. The molecule has 176 valence electrons. The summed E-state index contributed by atoms with van der Waals surface area (Å²) >= 11 is 0. The van der Waals surface area contributed by atoms with E-state index in [1.807, 2.05) is 19.1 Å². The summed E-state index contributed by atoms with van der Waals surface area (Å²) in [5.41, 5.74) is 1.61. The summed E-state index contributed by atoms with van der Waals surface area (Å²) in [5.74, 6) is -1.09. The Kier molecular flexibility index (Phi) is 6.40. The van der Waals surface area contributed by atoms with Gasteiger partial charge >= 0.3 is 0 Å². The molecule has 0 saturated carbocycles. The number of hydrogen-bond acceptors (Lipinski definition) is 5. The number of rotatable bonds is 5. The first-order chi connectivity index (χ1) is 15.7. The Morgan fingerprint density at radius 2 is 1.79 bits per heavy atom. The first-order valence-electron chi connectivity index (χ1n) is 10.7. The molecule has 0 N–H and O–H groups in total. The van der Waals surface area contributed by atoms with Crippen LogP contribution in [0.1, 0.15) is 12.0 Å². The van der Waals surface area contributed by atoms with Crippen LogP contribution in [0.4, 0.5) is 10.1 Å². The molecule has 2 aliphatic heterocycles. The summed E-state index contributed by atoms with van der Waals surface area (Å²) in [7, 11) is -2.45. The van der Waals surface area contributed by atoms with E-state index in [4.69, 9.17) is 4.74 Å². The molecule has 33 heavy (non-hydrogen) atoms. The Bertz CT molecular complexity index is 1180. The highest BCUT2D eigenvalue weighted by molar-refractivity contribution is 7.89. The zero-order valence-corrected chi connectivity index (χ0v) is 19.3. The lowest BCUT2D eigenvalue weighted by Gasteiger charge is -2.35. The fourth-order valence-corrected chi connectivity index (χ4v) is 5.80. The first-order valence-corrected chi connectivity index (χ1v) is 12.1. The van der Waals surface area contributed by atoms with Crippen molar-refractivity contribution in [1.29, 1.82) is 0 Å². The van der Waals surface area contributed by atoms with Crippen LogP contribution in [0.2, 0.25) is 0 Å². The van der Waals surface area contributed by atoms with Crippen LogP contribution in [0.25, 0.3) is 0 Å². The molecule has 8 nitrogen and oxygen atoms in total. The van der Waals surface area contributed by atoms with Gasteiger partial charge in [0.05, 0.1) is 18.7 Å². The normalized spacial score (nSPS) is 19.7. The van der Waals surface area contributed by atoms with Crippen molar-refractivity contribution in [3.63, 3.8) is 0 Å². The number of carbonyl (C=O) groups excluding carboxylic acids is 2. The molecule has 2 heterocycles. The van der Waals surface area contributed by atoms with Crippen LogP contribution in [0.5, 0.6) is 5.75 Å². The third-order valence-electron chi connectivity index (χ3n) is 6.10. The van der Waals surface area contributed by atoms with Gasteiger partial charge in [-0.1, -0.05) is 18.2 Å². The largest absolute Gasteiger partial charge is 0.495 e. The lowest BCUT2D eigenvalue weighted by Crippen LogP contribution is -2.52. The van der Waals surface area contributed by atoms with Gasteiger partial charge in [-0.15, -0.1) is 0 Å². The number of piperazine rings is 1. The molecule has 10 heteroatoms. The van der Waals surface area contributed by atoms with Gasteiger partial charge in [0.1, 0.15) is 16.5 Å². The van der Waals surface area contributed by atoms with Crippen molar-refractivity contribution in [2.24, 2.45) is 5.92 Å². The molecule has 2 aromatic rings. The van der Waals surface area contributed by atoms with Gasteiger partial charge in [-0.25, -0.2) is 12.8 Å². The lowest BCUT2D eigenvalue weighted by molar-refractivity contribution is -0.136. The van der Waals surface area contributed by atoms with Gasteiger partial charge in [0.2, 0.25) is 21.8 Å². The predicted octanol–water partition coefficient (Wildman–Crippen LogP) is 2.03. The zero-order valence-electron chi connectivity index (χ0n) is 18.5. The van der Waals surface area contributed by atoms with Gasteiger partial charge in [-0.3, -0.25) is 9.59 Å². The number of aryl methyl sites for hydroxylation is 1. The van der Waals surface area contributed by atoms with Crippen LogP contribution in [0.3, 0.4) is 0 Å². The van der Waals surface area contributed by atoms with E-state index in [1.54, 1.807) is 15.9 Å². The standard InChI is InChI=1S/C23H26FN3O5S/c1-16-7-8-20(32-2)19(13-16)27-15-17(14-22(27)28)23(29)25-9-11-26(12-10-25)33(30,31)21-6-4-3-5-18(21)24/h3-8,13,17H,9-12,14-15H2,1-2H3. The van der Waals surface area contributed by atoms with Crippen molar-refractivity contribution in [1.82, 2.24) is 9.21 Å². The van der Waals surface area contributed by atoms with Gasteiger partial charge in [0.25, 0.3) is 0 Å². The number of ether oxygens (including phenoxy) is 1. The topological polar surface area (TPSA) is 87.2 Å². The first kappa shape index (κ1) is 23.2. The van der Waals surface area contributed by atoms with Crippen LogP contribution in [-0.4, -0.2) is 69.3 Å². The maximum absolute atomic E-state index is 14.0. The Morgan fingerprint density at radius 1 is 1.09 bits per heavy atom. The van der Waals surface area contributed by atoms with E-state index in [2.05, 4.69) is 0 Å². The van der Waals surface area contributed by atoms with Crippen molar-refractivity contribution in [3.05, 3.63) is 53.8 Å². The third kappa shape index (κ3) is 4.45. The van der Waals surface area contributed by atoms with Crippen LogP contribution in [-0.2, 0) is 19.6 Å². The van der Waals surface area contributed by atoms with Crippen molar-refractivity contribution < 1.29 is 27.1 Å². The minimum Gasteiger partial charge on any atom is -0.495 e. The van der Waals surface area contributed by atoms with Gasteiger partial charge in [-0.05, 0) is 36.8 Å². The second-order valence-electron chi connectivity index (χ2n) is 8.24. The molecule has 2 aromatic carbocycles. The molecule has 4 rings (SSSR count). The Labute approximate surface area is 192 Å². The SMILES string of the molecule is COc1ccc(C)cc1N1CC(C(=O)N2CCN(S(=O)(=O)c3ccccc3F)CC2)CC1=O. The maximum atomic E-state index is 14.0. The molecular weight excluding hydrogens is 449 g/mol. The van der Waals surface area contributed by atoms with E-state index in [0.29, 0.717) is 11.4 Å². The lowest BCUT2D eigenvalue weighted by atomic mass is 10.1. The minimum atomic E-state index is -3.98. The molecule has 2 aliphatic rings. The Hall–Kier alpha value is -2.98. The Balaban J connectivity index is 1.42. The summed E-state index contributed by atoms with van der Waals surface area (Å²) in [6.07, 6.45) is 0.0870. The molecule has 2 saturated heterocycles. The highest BCUT2D eigenvalue weighted by atomic mass is 32.2. The van der Waals surface area contributed by atoms with E-state index in [-0.39, 0.29) is 55.9 Å². The number of amides is 2. The number of benzene rings is 2. The second-order valence-corrected chi connectivity index (χ2v) is 10.1. The van der Waals surface area contributed by atoms with Gasteiger partial charge in [0.15, 0.2) is 0 Å². The molecule has 1 unspecified atom stereocenters. The molecule has 0 aliphatic carbocycles. The quantitative estimate of drug-likeness (QED) is 0.661. The summed E-state index contributed by atoms with van der Waals surface area (Å²) in [5, 5.41) is 0. The van der Waals surface area contributed by atoms with Crippen molar-refractivity contribution in [2.45, 2.75) is 18.2 Å². The smallest absolute Gasteiger partial charge is 0.246 e. The summed E-state index contributed by atoms with van der Waals surface area (Å²) in [6.45, 7) is 2.67. The maximum Gasteiger partial charge on any atom is 0.246 e. The van der Waals surface area contributed by atoms with E-state index in [1.165, 1.54) is 29.6 Å². The van der Waals surface area contributed by atoms with Crippen LogP contribution >= 0.6 is 0 Å². The number of methoxy groups -OCH3 is 1. The molecule has 2 fully saturated rings. The zero-order chi connectivity index (χ0) is 23.8. The van der Waals surface area contributed by atoms with Crippen LogP contribution in [0, 0.1) is 18.7 Å². The third-order valence-corrected chi connectivity index (χ3v) is 8.04. The molecule has 0 bridgehead atoms. The van der Waals surface area contributed by atoms with Crippen LogP contribution in [0.15, 0.2) is 47.4 Å². The minimum absolute atomic E-state index is 0.0679. The molecule has 0 aromatic heterocycles. The molecule has 0 spiro atoms. The molecule has 2 amide bonds. The monoisotopic (exact) mass is 475 g/mol. The van der Waals surface area contributed by atoms with Crippen LogP contribution < -0.4 is 9.64 Å². The fraction of sp³-hybridized carbons (Fsp3) is 0.391. The van der Waals surface area contributed by atoms with Crippen molar-refractivity contribution >= 4 is 27.5 Å². The number of carbonyl (C=O) groups is 2. The van der Waals surface area contributed by atoms with Gasteiger partial charge < -0.3 is 14.5 Å². The fourth-order valence-electron chi connectivity index (χ4n) is 4.32. The van der Waals surface area contributed by atoms with Gasteiger partial charge in [0, 0.05) is 39.1 Å². The Morgan fingerprint density at radius 3 is 2.45 bits per heavy atom. The molecule has 0 radical (unpaired) electrons. The summed E-state index contributed by atoms with van der Waals surface area (Å²) in [4.78, 5) is 28.6. The number of halogens is 1. The number of hydrogen-bond donors (Lipinski definition) is 0. The molecular formula is C23H26FN3O5S. The van der Waals surface area contributed by atoms with Crippen molar-refractivity contribution in [2.75, 3.05) is 44.7 Å². The van der Waals surface area contributed by atoms with E-state index in [0.717, 1.165) is 11.6 Å². The van der Waals surface area contributed by atoms with E-state index < -0.39 is 21.8 Å². The van der Waals surface area contributed by atoms with E-state index in [9.17, 15) is 22.4 Å². The summed E-state index contributed by atoms with van der Waals surface area (Å²) in [6, 6.07) is 10.8. The number of nitrogens with zero attached hydrogens (tertiary/aromatic N) is 3. The van der Waals surface area contributed by atoms with E-state index >= 15 is 0 Å². The molecule has 1 atom stereocenters. The van der Waals surface area contributed by atoms with Gasteiger partial charge in [-0.2, -0.15) is 4.31 Å². The number of sulfonamides is 1. The average Bonchev–Trinajstić information content (AvgIpc) is 3.20. The highest BCUT2D eigenvalue weighted by Crippen LogP contribution is 2.34. The average molecular weight is 476 g/mol. The second kappa shape index (κ2) is 9.11. The van der Waals surface area contributed by atoms with Crippen molar-refractivity contribution in [3.8, 4) is 5.75 Å². The summed E-state index contributed by atoms with van der Waals surface area (Å²) < 4.78 is 46.2. The highest BCUT2D eigenvalue weighted by Gasteiger charge is 2.40.